The second kappa shape index (κ2) is 9.82. The van der Waals surface area contributed by atoms with Gasteiger partial charge >= 0.3 is 6.09 Å². The number of nitrogens with one attached hydrogen (secondary N) is 1. The minimum Gasteiger partial charge on any atom is -0.496 e. The highest BCUT2D eigenvalue weighted by molar-refractivity contribution is 6.31. The second-order valence-electron chi connectivity index (χ2n) is 7.70. The topological polar surface area (TPSA) is 88.2 Å². The summed E-state index contributed by atoms with van der Waals surface area (Å²) >= 11 is 6.01. The van der Waals surface area contributed by atoms with Gasteiger partial charge in [0.15, 0.2) is 0 Å². The molecule has 0 radical (unpaired) electrons. The first-order chi connectivity index (χ1) is 13.6. The van der Waals surface area contributed by atoms with Gasteiger partial charge in [0.1, 0.15) is 11.4 Å². The second-order valence-corrected chi connectivity index (χ2v) is 8.13. The van der Waals surface area contributed by atoms with Crippen molar-refractivity contribution in [1.82, 2.24) is 15.1 Å². The number of amides is 3. The van der Waals surface area contributed by atoms with Crippen molar-refractivity contribution >= 4 is 29.5 Å². The lowest BCUT2D eigenvalue weighted by Crippen LogP contribution is -2.51. The Balaban J connectivity index is 1.81. The number of halogens is 1. The van der Waals surface area contributed by atoms with E-state index in [4.69, 9.17) is 21.1 Å². The normalized spacial score (nSPS) is 14.4. The molecule has 1 N–H and O–H groups in total. The van der Waals surface area contributed by atoms with Gasteiger partial charge in [-0.25, -0.2) is 4.79 Å². The third-order valence-electron chi connectivity index (χ3n) is 4.32. The van der Waals surface area contributed by atoms with Crippen LogP contribution in [0.3, 0.4) is 0 Å². The fraction of sp³-hybridized carbons (Fsp3) is 0.550. The summed E-state index contributed by atoms with van der Waals surface area (Å²) in [6.07, 6.45) is -0.369. The Hall–Kier alpha value is -2.48. The van der Waals surface area contributed by atoms with Crippen LogP contribution in [-0.2, 0) is 9.53 Å². The fourth-order valence-electron chi connectivity index (χ4n) is 2.92. The molecule has 0 bridgehead atoms. The van der Waals surface area contributed by atoms with E-state index in [0.29, 0.717) is 42.5 Å². The Kier molecular flexibility index (Phi) is 7.73. The molecule has 0 spiro atoms. The highest BCUT2D eigenvalue weighted by Crippen LogP contribution is 2.24. The van der Waals surface area contributed by atoms with Crippen LogP contribution in [-0.4, -0.2) is 73.1 Å². The Morgan fingerprint density at radius 1 is 1.10 bits per heavy atom. The third-order valence-corrected chi connectivity index (χ3v) is 4.55. The molecule has 1 saturated heterocycles. The van der Waals surface area contributed by atoms with Crippen molar-refractivity contribution in [2.75, 3.05) is 39.8 Å². The third kappa shape index (κ3) is 6.81. The largest absolute Gasteiger partial charge is 0.496 e. The molecular formula is C20H28ClN3O5. The number of rotatable bonds is 5. The zero-order valence-electron chi connectivity index (χ0n) is 17.3. The van der Waals surface area contributed by atoms with Gasteiger partial charge < -0.3 is 24.6 Å². The minimum absolute atomic E-state index is 0.0755. The Labute approximate surface area is 176 Å². The van der Waals surface area contributed by atoms with Gasteiger partial charge in [-0.1, -0.05) is 11.6 Å². The lowest BCUT2D eigenvalue weighted by molar-refractivity contribution is -0.132. The Bertz CT molecular complexity index is 755. The van der Waals surface area contributed by atoms with E-state index in [9.17, 15) is 14.4 Å². The molecule has 1 fully saturated rings. The van der Waals surface area contributed by atoms with E-state index in [0.717, 1.165) is 0 Å². The average Bonchev–Trinajstić information content (AvgIpc) is 2.66. The van der Waals surface area contributed by atoms with Gasteiger partial charge in [-0.15, -0.1) is 0 Å². The van der Waals surface area contributed by atoms with Crippen molar-refractivity contribution in [3.05, 3.63) is 28.8 Å². The van der Waals surface area contributed by atoms with E-state index in [1.807, 2.05) is 0 Å². The van der Waals surface area contributed by atoms with Crippen LogP contribution in [0.25, 0.3) is 0 Å². The van der Waals surface area contributed by atoms with Gasteiger partial charge in [0, 0.05) is 44.2 Å². The predicted octanol–water partition coefficient (Wildman–Crippen LogP) is 2.55. The number of nitrogens with zero attached hydrogens (tertiary/aromatic N) is 2. The summed E-state index contributed by atoms with van der Waals surface area (Å²) in [5.74, 6) is 0.211. The summed E-state index contributed by atoms with van der Waals surface area (Å²) < 4.78 is 10.4. The molecule has 2 rings (SSSR count). The van der Waals surface area contributed by atoms with Crippen LogP contribution >= 0.6 is 11.6 Å². The lowest BCUT2D eigenvalue weighted by Gasteiger charge is -2.35. The molecule has 1 aliphatic rings. The quantitative estimate of drug-likeness (QED) is 0.783. The maximum atomic E-state index is 12.8. The van der Waals surface area contributed by atoms with Crippen molar-refractivity contribution < 1.29 is 23.9 Å². The number of hydrogen-bond donors (Lipinski definition) is 1. The van der Waals surface area contributed by atoms with Gasteiger partial charge in [-0.2, -0.15) is 0 Å². The molecule has 1 heterocycles. The Morgan fingerprint density at radius 3 is 2.31 bits per heavy atom. The van der Waals surface area contributed by atoms with Gasteiger partial charge in [0.25, 0.3) is 5.91 Å². The van der Waals surface area contributed by atoms with Crippen LogP contribution in [0.15, 0.2) is 18.2 Å². The number of alkyl carbamates (subject to hydrolysis) is 1. The fourth-order valence-corrected chi connectivity index (χ4v) is 3.09. The summed E-state index contributed by atoms with van der Waals surface area (Å²) in [4.78, 5) is 40.1. The highest BCUT2D eigenvalue weighted by Gasteiger charge is 2.26. The van der Waals surface area contributed by atoms with Crippen molar-refractivity contribution in [2.24, 2.45) is 0 Å². The van der Waals surface area contributed by atoms with Gasteiger partial charge in [-0.3, -0.25) is 9.59 Å². The number of carbonyl (C=O) groups excluding carboxylic acids is 3. The van der Waals surface area contributed by atoms with E-state index < -0.39 is 11.7 Å². The number of ether oxygens (including phenoxy) is 2. The van der Waals surface area contributed by atoms with Crippen LogP contribution < -0.4 is 10.1 Å². The molecule has 9 heteroatoms. The molecule has 1 aromatic rings. The van der Waals surface area contributed by atoms with Gasteiger partial charge in [0.2, 0.25) is 5.91 Å². The molecule has 1 aromatic carbocycles. The first-order valence-corrected chi connectivity index (χ1v) is 9.86. The number of carbonyl (C=O) groups is 3. The van der Waals surface area contributed by atoms with E-state index in [1.165, 1.54) is 7.11 Å². The van der Waals surface area contributed by atoms with Crippen molar-refractivity contribution in [3.63, 3.8) is 0 Å². The zero-order valence-corrected chi connectivity index (χ0v) is 18.0. The zero-order chi connectivity index (χ0) is 21.6. The number of benzene rings is 1. The molecule has 8 nitrogen and oxygen atoms in total. The van der Waals surface area contributed by atoms with E-state index in [1.54, 1.807) is 48.8 Å². The SMILES string of the molecule is COc1ccc(Cl)cc1C(=O)N1CCN(C(=O)CCNC(=O)OC(C)(C)C)CC1. The maximum Gasteiger partial charge on any atom is 0.407 e. The first kappa shape index (κ1) is 22.8. The summed E-state index contributed by atoms with van der Waals surface area (Å²) in [6.45, 7) is 7.22. The molecule has 29 heavy (non-hydrogen) atoms. The molecule has 0 aliphatic carbocycles. The van der Waals surface area contributed by atoms with Crippen molar-refractivity contribution in [3.8, 4) is 5.75 Å². The summed E-state index contributed by atoms with van der Waals surface area (Å²) in [7, 11) is 1.50. The Morgan fingerprint density at radius 2 is 1.72 bits per heavy atom. The minimum atomic E-state index is -0.581. The number of piperazine rings is 1. The molecule has 1 aliphatic heterocycles. The molecule has 3 amide bonds. The monoisotopic (exact) mass is 425 g/mol. The predicted molar refractivity (Wildman–Crippen MR) is 109 cm³/mol. The molecule has 0 atom stereocenters. The molecule has 0 unspecified atom stereocenters. The van der Waals surface area contributed by atoms with Gasteiger partial charge in [-0.05, 0) is 39.0 Å². The maximum absolute atomic E-state index is 12.8. The summed E-state index contributed by atoms with van der Waals surface area (Å²) in [5.41, 5.74) is -0.177. The molecule has 160 valence electrons. The standard InChI is InChI=1S/C20H28ClN3O5/c1-20(2,3)29-19(27)22-8-7-17(25)23-9-11-24(12-10-23)18(26)15-13-14(21)5-6-16(15)28-4/h5-6,13H,7-12H2,1-4H3,(H,22,27). The van der Waals surface area contributed by atoms with Crippen LogP contribution in [0.2, 0.25) is 5.02 Å². The van der Waals surface area contributed by atoms with E-state index >= 15 is 0 Å². The van der Waals surface area contributed by atoms with Gasteiger partial charge in [0.05, 0.1) is 12.7 Å². The molecule has 0 aromatic heterocycles. The summed E-state index contributed by atoms with van der Waals surface area (Å²) in [5, 5.41) is 3.03. The lowest BCUT2D eigenvalue weighted by atomic mass is 10.1. The smallest absolute Gasteiger partial charge is 0.407 e. The molecular weight excluding hydrogens is 398 g/mol. The van der Waals surface area contributed by atoms with Crippen molar-refractivity contribution in [1.29, 1.82) is 0 Å². The van der Waals surface area contributed by atoms with Crippen LogP contribution in [0.1, 0.15) is 37.6 Å². The molecule has 0 saturated carbocycles. The van der Waals surface area contributed by atoms with E-state index in [-0.39, 0.29) is 24.8 Å². The summed E-state index contributed by atoms with van der Waals surface area (Å²) in [6, 6.07) is 4.91. The average molecular weight is 426 g/mol. The highest BCUT2D eigenvalue weighted by atomic mass is 35.5. The first-order valence-electron chi connectivity index (χ1n) is 9.48. The number of hydrogen-bond acceptors (Lipinski definition) is 5. The van der Waals surface area contributed by atoms with Crippen LogP contribution in [0.5, 0.6) is 5.75 Å². The number of methoxy groups -OCH3 is 1. The van der Waals surface area contributed by atoms with Crippen molar-refractivity contribution in [2.45, 2.75) is 32.8 Å². The van der Waals surface area contributed by atoms with E-state index in [2.05, 4.69) is 5.32 Å². The van der Waals surface area contributed by atoms with Crippen LogP contribution in [0, 0.1) is 0 Å². The van der Waals surface area contributed by atoms with Crippen LogP contribution in [0.4, 0.5) is 4.79 Å².